The first-order valence-corrected chi connectivity index (χ1v) is 8.65. The summed E-state index contributed by atoms with van der Waals surface area (Å²) >= 11 is 0. The van der Waals surface area contributed by atoms with E-state index in [-0.39, 0.29) is 0 Å². The van der Waals surface area contributed by atoms with Gasteiger partial charge in [0.15, 0.2) is 0 Å². The van der Waals surface area contributed by atoms with Gasteiger partial charge in [0, 0.05) is 26.2 Å². The summed E-state index contributed by atoms with van der Waals surface area (Å²) in [5, 5.41) is 9.93. The van der Waals surface area contributed by atoms with Crippen molar-refractivity contribution in [1.29, 1.82) is 0 Å². The van der Waals surface area contributed by atoms with Crippen molar-refractivity contribution in [3.8, 4) is 0 Å². The molecule has 0 radical (unpaired) electrons. The highest BCUT2D eigenvalue weighted by Crippen LogP contribution is 2.39. The quantitative estimate of drug-likeness (QED) is 0.490. The lowest BCUT2D eigenvalue weighted by Gasteiger charge is -2.46. The number of carboxylic acid groups (broad SMARTS) is 1. The first kappa shape index (κ1) is 21.4. The minimum absolute atomic E-state index is 0.301. The average molecular weight is 318 g/mol. The van der Waals surface area contributed by atoms with E-state index in [1.807, 2.05) is 34.6 Å². The summed E-state index contributed by atoms with van der Waals surface area (Å²) in [7, 11) is 0. The van der Waals surface area contributed by atoms with Gasteiger partial charge >= 0.3 is 5.97 Å². The Bertz CT molecular complexity index is 297. The fourth-order valence-corrected chi connectivity index (χ4v) is 2.62. The Morgan fingerprint density at radius 2 is 1.27 bits per heavy atom. The van der Waals surface area contributed by atoms with Crippen LogP contribution >= 0.6 is 0 Å². The number of carbonyl (C=O) groups is 1. The highest BCUT2D eigenvalue weighted by atomic mass is 16.7. The molecule has 0 heterocycles. The molecule has 0 aromatic heterocycles. The molecule has 0 aliphatic rings. The number of carboxylic acids is 1. The standard InChI is InChI=1S/C17H34O5/c1-6-11-17(21-13-8-3,22-14-9-4)16(10-5,15(18)19)20-12-7-2/h6-14H2,1-5H3,(H,18,19). The molecule has 1 N–H and O–H groups in total. The molecule has 0 amide bonds. The van der Waals surface area contributed by atoms with E-state index < -0.39 is 17.4 Å². The lowest BCUT2D eigenvalue weighted by molar-refractivity contribution is -0.330. The van der Waals surface area contributed by atoms with Gasteiger partial charge in [0.1, 0.15) is 0 Å². The summed E-state index contributed by atoms with van der Waals surface area (Å²) in [6, 6.07) is 0. The minimum Gasteiger partial charge on any atom is -0.479 e. The Balaban J connectivity index is 5.78. The third-order valence-corrected chi connectivity index (χ3v) is 3.67. The van der Waals surface area contributed by atoms with Gasteiger partial charge in [0.05, 0.1) is 0 Å². The number of rotatable bonds is 14. The lowest BCUT2D eigenvalue weighted by atomic mass is 9.85. The maximum absolute atomic E-state index is 12.1. The molecule has 0 rings (SSSR count). The Hall–Kier alpha value is -0.650. The molecule has 5 heteroatoms. The Morgan fingerprint density at radius 1 is 0.818 bits per heavy atom. The minimum atomic E-state index is -1.47. The molecule has 0 saturated carbocycles. The number of ether oxygens (including phenoxy) is 3. The van der Waals surface area contributed by atoms with E-state index in [9.17, 15) is 9.90 Å². The Morgan fingerprint density at radius 3 is 1.59 bits per heavy atom. The number of hydrogen-bond donors (Lipinski definition) is 1. The van der Waals surface area contributed by atoms with Crippen molar-refractivity contribution < 1.29 is 24.1 Å². The summed E-state index contributed by atoms with van der Waals surface area (Å²) < 4.78 is 17.9. The molecule has 132 valence electrons. The molecule has 0 aromatic rings. The van der Waals surface area contributed by atoms with Crippen molar-refractivity contribution >= 4 is 5.97 Å². The predicted octanol–water partition coefficient (Wildman–Crippen LogP) is 4.00. The number of aliphatic carboxylic acids is 1. The van der Waals surface area contributed by atoms with Crippen molar-refractivity contribution in [1.82, 2.24) is 0 Å². The van der Waals surface area contributed by atoms with E-state index in [0.29, 0.717) is 32.7 Å². The largest absolute Gasteiger partial charge is 0.479 e. The SMILES string of the molecule is CCCOC(CCC)(OCCC)C(CC)(OCCC)C(=O)O. The molecular formula is C17H34O5. The zero-order valence-electron chi connectivity index (χ0n) is 14.9. The van der Waals surface area contributed by atoms with Crippen LogP contribution in [0, 0.1) is 0 Å². The zero-order valence-corrected chi connectivity index (χ0v) is 14.9. The Kier molecular flexibility index (Phi) is 10.6. The highest BCUT2D eigenvalue weighted by molar-refractivity contribution is 5.79. The van der Waals surface area contributed by atoms with E-state index in [0.717, 1.165) is 25.7 Å². The fourth-order valence-electron chi connectivity index (χ4n) is 2.62. The van der Waals surface area contributed by atoms with E-state index in [1.54, 1.807) is 0 Å². The van der Waals surface area contributed by atoms with Gasteiger partial charge in [-0.15, -0.1) is 0 Å². The van der Waals surface area contributed by atoms with Crippen molar-refractivity contribution in [2.45, 2.75) is 84.5 Å². The second kappa shape index (κ2) is 11.0. The summed E-state index contributed by atoms with van der Waals surface area (Å²) in [6.45, 7) is 11.1. The van der Waals surface area contributed by atoms with E-state index >= 15 is 0 Å². The van der Waals surface area contributed by atoms with Gasteiger partial charge in [0.25, 0.3) is 0 Å². The molecule has 0 aliphatic carbocycles. The van der Waals surface area contributed by atoms with Gasteiger partial charge in [-0.05, 0) is 25.7 Å². The maximum atomic E-state index is 12.1. The smallest absolute Gasteiger partial charge is 0.341 e. The third kappa shape index (κ3) is 4.93. The molecule has 0 saturated heterocycles. The summed E-state index contributed by atoms with van der Waals surface area (Å²) in [4.78, 5) is 12.1. The fraction of sp³-hybridized carbons (Fsp3) is 0.941. The Labute approximate surface area is 135 Å². The molecule has 0 fully saturated rings. The first-order valence-electron chi connectivity index (χ1n) is 8.65. The molecule has 0 aromatic carbocycles. The molecule has 5 nitrogen and oxygen atoms in total. The highest BCUT2D eigenvalue weighted by Gasteiger charge is 2.59. The molecule has 0 bridgehead atoms. The van der Waals surface area contributed by atoms with Crippen LogP contribution in [0.5, 0.6) is 0 Å². The van der Waals surface area contributed by atoms with Crippen LogP contribution in [0.1, 0.15) is 73.1 Å². The van der Waals surface area contributed by atoms with Crippen molar-refractivity contribution in [3.63, 3.8) is 0 Å². The van der Waals surface area contributed by atoms with Crippen molar-refractivity contribution in [3.05, 3.63) is 0 Å². The monoisotopic (exact) mass is 318 g/mol. The molecule has 1 atom stereocenters. The second-order valence-electron chi connectivity index (χ2n) is 5.53. The van der Waals surface area contributed by atoms with Crippen LogP contribution in [-0.2, 0) is 19.0 Å². The second-order valence-corrected chi connectivity index (χ2v) is 5.53. The van der Waals surface area contributed by atoms with Crippen molar-refractivity contribution in [2.24, 2.45) is 0 Å². The average Bonchev–Trinajstić information content (AvgIpc) is 2.51. The normalized spacial score (nSPS) is 14.8. The van der Waals surface area contributed by atoms with Gasteiger partial charge in [-0.3, -0.25) is 0 Å². The van der Waals surface area contributed by atoms with Crippen LogP contribution in [0.2, 0.25) is 0 Å². The van der Waals surface area contributed by atoms with Crippen LogP contribution in [0.4, 0.5) is 0 Å². The summed E-state index contributed by atoms with van der Waals surface area (Å²) in [6.07, 6.45) is 3.91. The van der Waals surface area contributed by atoms with Crippen LogP contribution in [-0.4, -0.2) is 42.3 Å². The zero-order chi connectivity index (χ0) is 17.1. The predicted molar refractivity (Wildman–Crippen MR) is 87.0 cm³/mol. The van der Waals surface area contributed by atoms with Crippen molar-refractivity contribution in [2.75, 3.05) is 19.8 Å². The third-order valence-electron chi connectivity index (χ3n) is 3.67. The van der Waals surface area contributed by atoms with E-state index in [4.69, 9.17) is 14.2 Å². The number of hydrogen-bond acceptors (Lipinski definition) is 4. The van der Waals surface area contributed by atoms with Crippen LogP contribution in [0.3, 0.4) is 0 Å². The first-order chi connectivity index (χ1) is 10.5. The lowest BCUT2D eigenvalue weighted by Crippen LogP contribution is -2.63. The van der Waals surface area contributed by atoms with Gasteiger partial charge in [-0.25, -0.2) is 4.79 Å². The van der Waals surface area contributed by atoms with Crippen LogP contribution in [0.25, 0.3) is 0 Å². The van der Waals surface area contributed by atoms with E-state index in [2.05, 4.69) is 0 Å². The van der Waals surface area contributed by atoms with Gasteiger partial charge < -0.3 is 19.3 Å². The van der Waals surface area contributed by atoms with Crippen LogP contribution < -0.4 is 0 Å². The molecule has 0 aliphatic heterocycles. The van der Waals surface area contributed by atoms with Gasteiger partial charge in [0.2, 0.25) is 11.4 Å². The van der Waals surface area contributed by atoms with E-state index in [1.165, 1.54) is 0 Å². The van der Waals surface area contributed by atoms with Crippen LogP contribution in [0.15, 0.2) is 0 Å². The molecule has 0 spiro atoms. The molecule has 1 unspecified atom stereocenters. The summed E-state index contributed by atoms with van der Waals surface area (Å²) in [5.41, 5.74) is -1.47. The molecule has 22 heavy (non-hydrogen) atoms. The maximum Gasteiger partial charge on any atom is 0.341 e. The summed E-state index contributed by atoms with van der Waals surface area (Å²) in [5.74, 6) is -2.24. The topological polar surface area (TPSA) is 65.0 Å². The van der Waals surface area contributed by atoms with Gasteiger partial charge in [-0.1, -0.05) is 41.0 Å². The molecular weight excluding hydrogens is 284 g/mol. The van der Waals surface area contributed by atoms with Gasteiger partial charge in [-0.2, -0.15) is 0 Å².